The molecule has 3 aromatic rings. The molecule has 1 unspecified atom stereocenters. The number of aryl methyl sites for hydroxylation is 1. The number of nitrogen functional groups attached to an aromatic ring is 1. The normalized spacial score (nSPS) is 14.3. The standard InChI is InChI=1S/C19H17ClN4O2S/c1-11-2-3-12(19(26)23-13-4-5-13)8-15(11)24-9-14(22-10-24)18(25)16-6-7-17(20)27(16)21/h2-3,6-10,13H,4-5,21H2,1H3/p+1. The van der Waals surface area contributed by atoms with Gasteiger partial charge < -0.3 is 9.88 Å². The number of nitrogens with two attached hydrogens (primary N) is 1. The molecule has 1 aromatic carbocycles. The number of rotatable bonds is 5. The number of benzene rings is 1. The first kappa shape index (κ1) is 17.9. The molecule has 2 heterocycles. The second kappa shape index (κ2) is 6.92. The van der Waals surface area contributed by atoms with Crippen LogP contribution in [0.15, 0.2) is 42.9 Å². The zero-order chi connectivity index (χ0) is 19.1. The molecular weight excluding hydrogens is 384 g/mol. The monoisotopic (exact) mass is 401 g/mol. The number of amides is 1. The van der Waals surface area contributed by atoms with Crippen LogP contribution in [0.1, 0.15) is 44.1 Å². The van der Waals surface area contributed by atoms with Crippen molar-refractivity contribution >= 4 is 33.9 Å². The molecule has 0 bridgehead atoms. The summed E-state index contributed by atoms with van der Waals surface area (Å²) in [5.41, 5.74) is 2.64. The number of hydrogen-bond acceptors (Lipinski definition) is 4. The SMILES string of the molecule is Cc1ccc(C(=O)NC2CC2)cc1-n1cnc(C(=O)c2ccc(Cl)[s+]2N)c1. The van der Waals surface area contributed by atoms with Crippen molar-refractivity contribution in [2.24, 2.45) is 0 Å². The van der Waals surface area contributed by atoms with E-state index >= 15 is 0 Å². The molecule has 1 fully saturated rings. The van der Waals surface area contributed by atoms with Gasteiger partial charge in [0, 0.05) is 29.9 Å². The van der Waals surface area contributed by atoms with Crippen molar-refractivity contribution in [3.63, 3.8) is 0 Å². The Labute approximate surface area is 164 Å². The highest BCUT2D eigenvalue weighted by Crippen LogP contribution is 2.30. The summed E-state index contributed by atoms with van der Waals surface area (Å²) in [6, 6.07) is 9.08. The van der Waals surface area contributed by atoms with E-state index < -0.39 is 10.7 Å². The molecule has 0 spiro atoms. The minimum absolute atomic E-state index is 0.0841. The molecule has 1 aliphatic carbocycles. The summed E-state index contributed by atoms with van der Waals surface area (Å²) in [5.74, 6) is -0.328. The van der Waals surface area contributed by atoms with Crippen molar-refractivity contribution in [3.05, 3.63) is 68.9 Å². The van der Waals surface area contributed by atoms with Gasteiger partial charge in [-0.15, -0.1) is 5.14 Å². The molecule has 0 saturated heterocycles. The Morgan fingerprint density at radius 2 is 2.07 bits per heavy atom. The van der Waals surface area contributed by atoms with Crippen molar-refractivity contribution in [3.8, 4) is 5.69 Å². The fourth-order valence-corrected chi connectivity index (χ4v) is 4.05. The molecule has 0 aliphatic heterocycles. The fourth-order valence-electron chi connectivity index (χ4n) is 2.79. The van der Waals surface area contributed by atoms with Crippen LogP contribution >= 0.6 is 22.3 Å². The van der Waals surface area contributed by atoms with Gasteiger partial charge in [-0.1, -0.05) is 6.07 Å². The largest absolute Gasteiger partial charge is 0.349 e. The minimum atomic E-state index is -0.899. The van der Waals surface area contributed by atoms with E-state index in [1.165, 1.54) is 0 Å². The molecule has 1 atom stereocenters. The summed E-state index contributed by atoms with van der Waals surface area (Å²) < 4.78 is 2.21. The second-order valence-corrected chi connectivity index (χ2v) is 8.77. The van der Waals surface area contributed by atoms with Crippen LogP contribution in [0.2, 0.25) is 4.34 Å². The Bertz CT molecular complexity index is 1050. The molecule has 1 saturated carbocycles. The molecule has 1 amide bonds. The first-order chi connectivity index (χ1) is 12.9. The van der Waals surface area contributed by atoms with E-state index in [2.05, 4.69) is 10.3 Å². The van der Waals surface area contributed by atoms with Crippen molar-refractivity contribution in [2.45, 2.75) is 25.8 Å². The van der Waals surface area contributed by atoms with E-state index in [-0.39, 0.29) is 17.4 Å². The lowest BCUT2D eigenvalue weighted by atomic mass is 10.1. The summed E-state index contributed by atoms with van der Waals surface area (Å²) in [5, 5.41) is 8.94. The molecule has 6 nitrogen and oxygen atoms in total. The van der Waals surface area contributed by atoms with Gasteiger partial charge in [-0.3, -0.25) is 9.59 Å². The zero-order valence-electron chi connectivity index (χ0n) is 14.6. The van der Waals surface area contributed by atoms with E-state index in [0.29, 0.717) is 20.8 Å². The predicted molar refractivity (Wildman–Crippen MR) is 106 cm³/mol. The summed E-state index contributed by atoms with van der Waals surface area (Å²) in [4.78, 5) is 29.6. The van der Waals surface area contributed by atoms with Crippen molar-refractivity contribution in [1.82, 2.24) is 14.9 Å². The Morgan fingerprint density at radius 3 is 2.74 bits per heavy atom. The quantitative estimate of drug-likeness (QED) is 0.506. The highest BCUT2D eigenvalue weighted by atomic mass is 35.5. The van der Waals surface area contributed by atoms with Crippen LogP contribution in [0.4, 0.5) is 0 Å². The number of ketones is 1. The molecule has 1 aliphatic rings. The molecular formula is C19H18ClN4O2S+. The van der Waals surface area contributed by atoms with Crippen LogP contribution in [0.25, 0.3) is 5.69 Å². The van der Waals surface area contributed by atoms with Crippen LogP contribution in [0.3, 0.4) is 0 Å². The summed E-state index contributed by atoms with van der Waals surface area (Å²) in [6.45, 7) is 1.94. The van der Waals surface area contributed by atoms with Gasteiger partial charge in [0.05, 0.1) is 16.3 Å². The smallest absolute Gasteiger partial charge is 0.266 e. The molecule has 2 aromatic heterocycles. The van der Waals surface area contributed by atoms with Gasteiger partial charge in [-0.25, -0.2) is 4.98 Å². The van der Waals surface area contributed by atoms with Crippen molar-refractivity contribution in [2.75, 3.05) is 5.14 Å². The van der Waals surface area contributed by atoms with Crippen molar-refractivity contribution in [1.29, 1.82) is 0 Å². The van der Waals surface area contributed by atoms with Crippen LogP contribution in [-0.4, -0.2) is 27.3 Å². The Morgan fingerprint density at radius 1 is 1.30 bits per heavy atom. The third-order valence-electron chi connectivity index (χ3n) is 4.51. The number of nitrogens with zero attached hydrogens (tertiary/aromatic N) is 2. The highest BCUT2D eigenvalue weighted by molar-refractivity contribution is 7.36. The van der Waals surface area contributed by atoms with Gasteiger partial charge in [0.1, 0.15) is 12.0 Å². The number of nitrogens with one attached hydrogen (secondary N) is 1. The number of carbonyl (C=O) groups is 2. The number of aromatic nitrogens is 2. The van der Waals surface area contributed by atoms with Crippen molar-refractivity contribution < 1.29 is 9.59 Å². The van der Waals surface area contributed by atoms with Gasteiger partial charge in [0.25, 0.3) is 16.0 Å². The molecule has 8 heteroatoms. The molecule has 0 radical (unpaired) electrons. The average Bonchev–Trinajstić information content (AvgIpc) is 3.22. The van der Waals surface area contributed by atoms with Gasteiger partial charge in [0.15, 0.2) is 0 Å². The van der Waals surface area contributed by atoms with Gasteiger partial charge in [0.2, 0.25) is 4.88 Å². The third kappa shape index (κ3) is 3.53. The predicted octanol–water partition coefficient (Wildman–Crippen LogP) is 3.42. The highest BCUT2D eigenvalue weighted by Gasteiger charge is 2.27. The topological polar surface area (TPSA) is 90.0 Å². The maximum absolute atomic E-state index is 12.7. The van der Waals surface area contributed by atoms with Crippen LogP contribution in [0.5, 0.6) is 0 Å². The number of hydrogen-bond donors (Lipinski definition) is 2. The van der Waals surface area contributed by atoms with E-state index in [4.69, 9.17) is 16.7 Å². The van der Waals surface area contributed by atoms with Gasteiger partial charge in [-0.05, 0) is 49.1 Å². The summed E-state index contributed by atoms with van der Waals surface area (Å²) in [7, 11) is -0.899. The van der Waals surface area contributed by atoms with E-state index in [1.807, 2.05) is 19.1 Å². The maximum atomic E-state index is 12.7. The average molecular weight is 402 g/mol. The second-order valence-electron chi connectivity index (χ2n) is 6.58. The molecule has 27 heavy (non-hydrogen) atoms. The van der Waals surface area contributed by atoms with E-state index in [9.17, 15) is 9.59 Å². The lowest BCUT2D eigenvalue weighted by molar-refractivity contribution is 0.0950. The van der Waals surface area contributed by atoms with E-state index in [0.717, 1.165) is 24.1 Å². The minimum Gasteiger partial charge on any atom is -0.349 e. The first-order valence-corrected chi connectivity index (χ1v) is 10.2. The molecule has 3 N–H and O–H groups in total. The number of thiophene rings is 1. The van der Waals surface area contributed by atoms with E-state index in [1.54, 1.807) is 35.3 Å². The van der Waals surface area contributed by atoms with Gasteiger partial charge in [-0.2, -0.15) is 0 Å². The lowest BCUT2D eigenvalue weighted by Crippen LogP contribution is -2.25. The van der Waals surface area contributed by atoms with Crippen LogP contribution in [-0.2, 0) is 0 Å². The van der Waals surface area contributed by atoms with Crippen LogP contribution in [0, 0.1) is 6.92 Å². The Hall–Kier alpha value is -2.48. The number of carbonyl (C=O) groups excluding carboxylic acids is 2. The first-order valence-electron chi connectivity index (χ1n) is 8.51. The molecule has 138 valence electrons. The summed E-state index contributed by atoms with van der Waals surface area (Å²) in [6.07, 6.45) is 5.29. The zero-order valence-corrected chi connectivity index (χ0v) is 16.2. The Kier molecular flexibility index (Phi) is 4.59. The summed E-state index contributed by atoms with van der Waals surface area (Å²) >= 11 is 5.98. The third-order valence-corrected chi connectivity index (χ3v) is 6.49. The lowest BCUT2D eigenvalue weighted by Gasteiger charge is -2.09. The van der Waals surface area contributed by atoms with Gasteiger partial charge >= 0.3 is 0 Å². The maximum Gasteiger partial charge on any atom is 0.266 e. The Balaban J connectivity index is 1.63. The fraction of sp³-hybridized carbons (Fsp3) is 0.211. The van der Waals surface area contributed by atoms with Crippen LogP contribution < -0.4 is 10.5 Å². The molecule has 4 rings (SSSR count). The number of imidazole rings is 1. The number of halogens is 1.